The first-order valence-electron chi connectivity index (χ1n) is 7.78. The fraction of sp³-hybridized carbons (Fsp3) is 0. The number of benzene rings is 2. The van der Waals surface area contributed by atoms with E-state index in [4.69, 9.17) is 9.52 Å². The zero-order valence-corrected chi connectivity index (χ0v) is 13.8. The molecule has 0 atom stereocenters. The third-order valence-electron chi connectivity index (χ3n) is 3.82. The molecule has 0 aliphatic rings. The summed E-state index contributed by atoms with van der Waals surface area (Å²) in [5, 5.41) is 29.2. The molecule has 1 aromatic heterocycles. The van der Waals surface area contributed by atoms with E-state index in [1.807, 2.05) is 6.07 Å². The van der Waals surface area contributed by atoms with Crippen LogP contribution in [0.5, 0.6) is 0 Å². The van der Waals surface area contributed by atoms with E-state index in [1.54, 1.807) is 24.3 Å². The van der Waals surface area contributed by atoms with Crippen molar-refractivity contribution < 1.29 is 19.2 Å². The summed E-state index contributed by atoms with van der Waals surface area (Å²) in [6, 6.07) is 17.3. The van der Waals surface area contributed by atoms with Gasteiger partial charge in [0.05, 0.1) is 22.1 Å². The number of nitriles is 1. The molecule has 0 saturated carbocycles. The van der Waals surface area contributed by atoms with Gasteiger partial charge in [-0.15, -0.1) is 0 Å². The van der Waals surface area contributed by atoms with Gasteiger partial charge < -0.3 is 9.52 Å². The summed E-state index contributed by atoms with van der Waals surface area (Å²) in [6.45, 7) is 0. The number of non-ortho nitro benzene ring substituents is 1. The fourth-order valence-corrected chi connectivity index (χ4v) is 2.48. The SMILES string of the molecule is N#CC(=Cc1ccc(-c2cccc(C(=O)O)c2)o1)c1ccc([N+](=O)[O-])cc1. The third kappa shape index (κ3) is 3.91. The number of carbonyl (C=O) groups is 1. The lowest BCUT2D eigenvalue weighted by Gasteiger charge is -2.00. The minimum atomic E-state index is -1.03. The number of nitro benzene ring substituents is 1. The summed E-state index contributed by atoms with van der Waals surface area (Å²) in [5.41, 5.74) is 1.49. The van der Waals surface area contributed by atoms with E-state index in [9.17, 15) is 20.2 Å². The van der Waals surface area contributed by atoms with Crippen LogP contribution >= 0.6 is 0 Å². The molecule has 132 valence electrons. The predicted molar refractivity (Wildman–Crippen MR) is 97.7 cm³/mol. The first kappa shape index (κ1) is 17.6. The van der Waals surface area contributed by atoms with Gasteiger partial charge in [0.15, 0.2) is 0 Å². The number of aromatic carboxylic acids is 1. The molecule has 0 fully saturated rings. The molecule has 0 unspecified atom stereocenters. The van der Waals surface area contributed by atoms with Crippen LogP contribution < -0.4 is 0 Å². The van der Waals surface area contributed by atoms with Crippen LogP contribution in [-0.2, 0) is 0 Å². The highest BCUT2D eigenvalue weighted by atomic mass is 16.6. The Morgan fingerprint density at radius 3 is 2.48 bits per heavy atom. The van der Waals surface area contributed by atoms with Crippen molar-refractivity contribution >= 4 is 23.3 Å². The van der Waals surface area contributed by atoms with Crippen molar-refractivity contribution in [3.8, 4) is 17.4 Å². The van der Waals surface area contributed by atoms with Gasteiger partial charge in [-0.05, 0) is 48.0 Å². The number of furan rings is 1. The molecule has 7 heteroatoms. The maximum atomic E-state index is 11.1. The van der Waals surface area contributed by atoms with Gasteiger partial charge in [-0.2, -0.15) is 5.26 Å². The van der Waals surface area contributed by atoms with E-state index in [0.717, 1.165) is 0 Å². The summed E-state index contributed by atoms with van der Waals surface area (Å²) < 4.78 is 5.69. The van der Waals surface area contributed by atoms with Crippen molar-refractivity contribution in [2.75, 3.05) is 0 Å². The van der Waals surface area contributed by atoms with E-state index in [0.29, 0.717) is 22.6 Å². The Morgan fingerprint density at radius 2 is 1.85 bits per heavy atom. The van der Waals surface area contributed by atoms with Crippen LogP contribution in [0.3, 0.4) is 0 Å². The molecule has 0 aliphatic heterocycles. The fourth-order valence-electron chi connectivity index (χ4n) is 2.48. The topological polar surface area (TPSA) is 117 Å². The van der Waals surface area contributed by atoms with Crippen LogP contribution in [0.4, 0.5) is 5.69 Å². The quantitative estimate of drug-likeness (QED) is 0.403. The summed E-state index contributed by atoms with van der Waals surface area (Å²) in [6.07, 6.45) is 1.52. The van der Waals surface area contributed by atoms with Gasteiger partial charge in [-0.25, -0.2) is 4.79 Å². The first-order chi connectivity index (χ1) is 13.0. The molecule has 0 bridgehead atoms. The second kappa shape index (κ2) is 7.37. The molecule has 0 aliphatic carbocycles. The molecular weight excluding hydrogens is 348 g/mol. The average molecular weight is 360 g/mol. The maximum Gasteiger partial charge on any atom is 0.335 e. The van der Waals surface area contributed by atoms with Crippen molar-refractivity contribution in [3.63, 3.8) is 0 Å². The normalized spacial score (nSPS) is 11.0. The molecular formula is C20H12N2O5. The van der Waals surface area contributed by atoms with Crippen LogP contribution in [0.15, 0.2) is 65.1 Å². The Kier molecular flexibility index (Phi) is 4.82. The molecule has 1 heterocycles. The van der Waals surface area contributed by atoms with Gasteiger partial charge in [0, 0.05) is 17.7 Å². The van der Waals surface area contributed by atoms with Gasteiger partial charge >= 0.3 is 5.97 Å². The predicted octanol–water partition coefficient (Wildman–Crippen LogP) is 4.62. The highest BCUT2D eigenvalue weighted by molar-refractivity contribution is 5.90. The van der Waals surface area contributed by atoms with E-state index in [2.05, 4.69) is 0 Å². The Hall–Kier alpha value is -4.18. The van der Waals surface area contributed by atoms with Gasteiger partial charge in [-0.1, -0.05) is 12.1 Å². The van der Waals surface area contributed by atoms with Crippen molar-refractivity contribution in [2.24, 2.45) is 0 Å². The lowest BCUT2D eigenvalue weighted by Crippen LogP contribution is -1.95. The van der Waals surface area contributed by atoms with Crippen LogP contribution in [0.2, 0.25) is 0 Å². The van der Waals surface area contributed by atoms with Crippen molar-refractivity contribution in [1.29, 1.82) is 5.26 Å². The Bertz CT molecular complexity index is 1090. The van der Waals surface area contributed by atoms with Crippen molar-refractivity contribution in [3.05, 3.63) is 87.7 Å². The minimum Gasteiger partial charge on any atom is -0.478 e. The zero-order valence-electron chi connectivity index (χ0n) is 13.8. The molecule has 0 saturated heterocycles. The average Bonchev–Trinajstić information content (AvgIpc) is 3.15. The molecule has 0 amide bonds. The highest BCUT2D eigenvalue weighted by Gasteiger charge is 2.10. The molecule has 3 aromatic rings. The number of hydrogen-bond donors (Lipinski definition) is 1. The second-order valence-electron chi connectivity index (χ2n) is 5.56. The van der Waals surface area contributed by atoms with E-state index in [-0.39, 0.29) is 16.8 Å². The highest BCUT2D eigenvalue weighted by Crippen LogP contribution is 2.26. The number of hydrogen-bond acceptors (Lipinski definition) is 5. The molecule has 3 rings (SSSR count). The number of allylic oxidation sites excluding steroid dienone is 1. The lowest BCUT2D eigenvalue weighted by atomic mass is 10.1. The zero-order chi connectivity index (χ0) is 19.4. The van der Waals surface area contributed by atoms with Crippen LogP contribution in [0.25, 0.3) is 23.0 Å². The number of rotatable bonds is 5. The maximum absolute atomic E-state index is 11.1. The second-order valence-corrected chi connectivity index (χ2v) is 5.56. The van der Waals surface area contributed by atoms with Crippen LogP contribution in [0, 0.1) is 21.4 Å². The Labute approximate surface area is 153 Å². The number of nitrogens with zero attached hydrogens (tertiary/aromatic N) is 2. The van der Waals surface area contributed by atoms with Crippen molar-refractivity contribution in [1.82, 2.24) is 0 Å². The third-order valence-corrected chi connectivity index (χ3v) is 3.82. The van der Waals surface area contributed by atoms with Gasteiger partial charge in [-0.3, -0.25) is 10.1 Å². The summed E-state index contributed by atoms with van der Waals surface area (Å²) >= 11 is 0. The van der Waals surface area contributed by atoms with E-state index in [1.165, 1.54) is 42.5 Å². The van der Waals surface area contributed by atoms with Crippen LogP contribution in [-0.4, -0.2) is 16.0 Å². The molecule has 7 nitrogen and oxygen atoms in total. The molecule has 27 heavy (non-hydrogen) atoms. The first-order valence-corrected chi connectivity index (χ1v) is 7.78. The largest absolute Gasteiger partial charge is 0.478 e. The van der Waals surface area contributed by atoms with Gasteiger partial charge in [0.2, 0.25) is 0 Å². The van der Waals surface area contributed by atoms with E-state index >= 15 is 0 Å². The van der Waals surface area contributed by atoms with Crippen molar-refractivity contribution in [2.45, 2.75) is 0 Å². The van der Waals surface area contributed by atoms with E-state index < -0.39 is 10.9 Å². The minimum absolute atomic E-state index is 0.0605. The summed E-state index contributed by atoms with van der Waals surface area (Å²) in [7, 11) is 0. The number of carboxylic acids is 1. The molecule has 1 N–H and O–H groups in total. The molecule has 0 spiro atoms. The standard InChI is InChI=1S/C20H12N2O5/c21-12-16(13-4-6-17(7-5-13)22(25)26)11-18-8-9-19(27-18)14-2-1-3-15(10-14)20(23)24/h1-11H,(H,23,24). The monoisotopic (exact) mass is 360 g/mol. The Morgan fingerprint density at radius 1 is 1.11 bits per heavy atom. The van der Waals surface area contributed by atoms with Crippen LogP contribution in [0.1, 0.15) is 21.7 Å². The Balaban J connectivity index is 1.91. The summed E-state index contributed by atoms with van der Waals surface area (Å²) in [4.78, 5) is 21.3. The molecule has 0 radical (unpaired) electrons. The molecule has 2 aromatic carbocycles. The number of carboxylic acid groups (broad SMARTS) is 1. The number of nitro groups is 1. The lowest BCUT2D eigenvalue weighted by molar-refractivity contribution is -0.384. The van der Waals surface area contributed by atoms with Gasteiger partial charge in [0.25, 0.3) is 5.69 Å². The van der Waals surface area contributed by atoms with Gasteiger partial charge in [0.1, 0.15) is 11.5 Å². The smallest absolute Gasteiger partial charge is 0.335 e. The summed E-state index contributed by atoms with van der Waals surface area (Å²) in [5.74, 6) is -0.167.